The van der Waals surface area contributed by atoms with E-state index in [9.17, 15) is 14.7 Å². The largest absolute Gasteiger partial charge is 0.497 e. The average Bonchev–Trinajstić information content (AvgIpc) is 2.78. The average molecular weight is 415 g/mol. The fraction of sp³-hybridized carbons (Fsp3) is 0.652. The van der Waals surface area contributed by atoms with Crippen molar-refractivity contribution in [1.29, 1.82) is 0 Å². The van der Waals surface area contributed by atoms with Gasteiger partial charge in [0.05, 0.1) is 25.3 Å². The van der Waals surface area contributed by atoms with Gasteiger partial charge in [-0.2, -0.15) is 0 Å². The lowest BCUT2D eigenvalue weighted by atomic mass is 9.59. The van der Waals surface area contributed by atoms with Crippen LogP contribution < -0.4 is 14.8 Å². The van der Waals surface area contributed by atoms with Crippen LogP contribution in [0.3, 0.4) is 0 Å². The number of hydrogen-bond acceptors (Lipinski definition) is 5. The summed E-state index contributed by atoms with van der Waals surface area (Å²) in [6.45, 7) is 0.776. The van der Waals surface area contributed by atoms with Crippen molar-refractivity contribution in [2.45, 2.75) is 56.7 Å². The Morgan fingerprint density at radius 2 is 2.20 bits per heavy atom. The molecule has 6 rings (SSSR count). The highest BCUT2D eigenvalue weighted by molar-refractivity contribution is 5.98. The summed E-state index contributed by atoms with van der Waals surface area (Å²) in [5.74, 6) is 1.51. The Morgan fingerprint density at radius 3 is 2.93 bits per heavy atom. The molecule has 5 aliphatic rings. The molecule has 2 aliphatic heterocycles. The van der Waals surface area contributed by atoms with Crippen molar-refractivity contribution in [3.05, 3.63) is 23.8 Å². The smallest absolute Gasteiger partial charge is 0.258 e. The molecule has 1 spiro atoms. The third-order valence-corrected chi connectivity index (χ3v) is 7.71. The Balaban J connectivity index is 1.38. The molecule has 2 heterocycles. The maximum Gasteiger partial charge on any atom is 0.258 e. The fourth-order valence-corrected chi connectivity index (χ4v) is 6.11. The minimum absolute atomic E-state index is 0.0360. The van der Waals surface area contributed by atoms with E-state index in [1.807, 2.05) is 4.90 Å². The van der Waals surface area contributed by atoms with Gasteiger partial charge >= 0.3 is 0 Å². The van der Waals surface area contributed by atoms with Crippen molar-refractivity contribution in [3.8, 4) is 11.5 Å². The number of ether oxygens (including phenoxy) is 2. The van der Waals surface area contributed by atoms with Gasteiger partial charge in [0.1, 0.15) is 11.5 Å². The second kappa shape index (κ2) is 7.45. The molecule has 30 heavy (non-hydrogen) atoms. The summed E-state index contributed by atoms with van der Waals surface area (Å²) >= 11 is 0. The van der Waals surface area contributed by atoms with Crippen LogP contribution in [0.15, 0.2) is 18.2 Å². The first-order valence-electron chi connectivity index (χ1n) is 11.2. The Kier molecular flexibility index (Phi) is 4.88. The predicted molar refractivity (Wildman–Crippen MR) is 109 cm³/mol. The minimum Gasteiger partial charge on any atom is -0.497 e. The van der Waals surface area contributed by atoms with E-state index in [1.54, 1.807) is 25.3 Å². The molecule has 7 nitrogen and oxygen atoms in total. The number of amides is 2. The zero-order valence-corrected chi connectivity index (χ0v) is 17.4. The number of carbonyl (C=O) groups is 2. The number of hydrogen-bond donors (Lipinski definition) is 2. The Hall–Kier alpha value is -2.28. The summed E-state index contributed by atoms with van der Waals surface area (Å²) in [6.07, 6.45) is 6.24. The van der Waals surface area contributed by atoms with Gasteiger partial charge in [0, 0.05) is 30.9 Å². The van der Waals surface area contributed by atoms with E-state index in [-0.39, 0.29) is 42.2 Å². The molecule has 5 unspecified atom stereocenters. The second-order valence-corrected chi connectivity index (χ2v) is 9.25. The van der Waals surface area contributed by atoms with Crippen molar-refractivity contribution in [2.24, 2.45) is 17.8 Å². The molecule has 162 valence electrons. The number of nitrogens with zero attached hydrogens (tertiary/aromatic N) is 1. The standard InChI is InChI=1S/C23H30N2O5/c1-29-17-7-8-18-20(11-17)30-23(24-21(18)27)12-14-5-6-15(23)10-19(14)22(28)25-9-3-2-4-16(25)13-26/h7-8,11,14-16,19,26H,2-6,9-10,12-13H2,1H3,(H,24,27). The SMILES string of the molecule is COc1ccc2c(c1)OC1(CC3CCC1CC3C(=O)N1CCCCC1CO)NC2=O. The van der Waals surface area contributed by atoms with Gasteiger partial charge < -0.3 is 24.8 Å². The zero-order valence-electron chi connectivity index (χ0n) is 17.4. The number of nitrogens with one attached hydrogen (secondary N) is 1. The van der Waals surface area contributed by atoms with Crippen LogP contribution in [0.1, 0.15) is 55.3 Å². The quantitative estimate of drug-likeness (QED) is 0.793. The molecule has 1 saturated heterocycles. The Bertz CT molecular complexity index is 858. The van der Waals surface area contributed by atoms with E-state index in [0.29, 0.717) is 23.5 Å². The van der Waals surface area contributed by atoms with Gasteiger partial charge in [-0.25, -0.2) is 0 Å². The molecule has 7 heteroatoms. The van der Waals surface area contributed by atoms with Gasteiger partial charge in [-0.1, -0.05) is 0 Å². The van der Waals surface area contributed by atoms with E-state index in [2.05, 4.69) is 5.32 Å². The van der Waals surface area contributed by atoms with Crippen LogP contribution in [0.5, 0.6) is 11.5 Å². The van der Waals surface area contributed by atoms with Gasteiger partial charge in [0.2, 0.25) is 5.91 Å². The summed E-state index contributed by atoms with van der Waals surface area (Å²) in [7, 11) is 1.60. The molecule has 0 aromatic heterocycles. The highest BCUT2D eigenvalue weighted by Gasteiger charge is 2.57. The number of piperidine rings is 1. The van der Waals surface area contributed by atoms with Crippen molar-refractivity contribution < 1.29 is 24.2 Å². The number of aliphatic hydroxyl groups is 1. The van der Waals surface area contributed by atoms with E-state index < -0.39 is 5.72 Å². The Labute approximate surface area is 176 Å². The topological polar surface area (TPSA) is 88.1 Å². The molecule has 2 bridgehead atoms. The van der Waals surface area contributed by atoms with Gasteiger partial charge in [0.25, 0.3) is 5.91 Å². The van der Waals surface area contributed by atoms with Gasteiger partial charge in [-0.05, 0) is 56.6 Å². The van der Waals surface area contributed by atoms with E-state index in [0.717, 1.165) is 45.1 Å². The molecule has 1 aromatic carbocycles. The number of rotatable bonds is 3. The summed E-state index contributed by atoms with van der Waals surface area (Å²) in [4.78, 5) is 28.2. The number of benzene rings is 1. The first-order valence-corrected chi connectivity index (χ1v) is 11.2. The second-order valence-electron chi connectivity index (χ2n) is 9.25. The van der Waals surface area contributed by atoms with Crippen molar-refractivity contribution in [3.63, 3.8) is 0 Å². The van der Waals surface area contributed by atoms with Crippen molar-refractivity contribution in [2.75, 3.05) is 20.3 Å². The minimum atomic E-state index is -0.742. The van der Waals surface area contributed by atoms with E-state index in [1.165, 1.54) is 0 Å². The van der Waals surface area contributed by atoms with Crippen molar-refractivity contribution >= 4 is 11.8 Å². The number of carbonyl (C=O) groups excluding carboxylic acids is 2. The maximum atomic E-state index is 13.4. The first kappa shape index (κ1) is 19.7. The predicted octanol–water partition coefficient (Wildman–Crippen LogP) is 2.32. The van der Waals surface area contributed by atoms with Crippen LogP contribution in [-0.4, -0.2) is 53.8 Å². The van der Waals surface area contributed by atoms with Crippen LogP contribution in [0.2, 0.25) is 0 Å². The molecular formula is C23H30N2O5. The van der Waals surface area contributed by atoms with Crippen LogP contribution in [0, 0.1) is 17.8 Å². The highest BCUT2D eigenvalue weighted by Crippen LogP contribution is 2.53. The van der Waals surface area contributed by atoms with E-state index in [4.69, 9.17) is 9.47 Å². The summed E-state index contributed by atoms with van der Waals surface area (Å²) < 4.78 is 11.8. The normalized spacial score (nSPS) is 34.9. The van der Waals surface area contributed by atoms with Crippen LogP contribution >= 0.6 is 0 Å². The third kappa shape index (κ3) is 3.06. The van der Waals surface area contributed by atoms with Crippen LogP contribution in [-0.2, 0) is 4.79 Å². The molecule has 5 atom stereocenters. The number of aliphatic hydroxyl groups excluding tert-OH is 1. The van der Waals surface area contributed by atoms with Gasteiger partial charge in [0.15, 0.2) is 5.72 Å². The van der Waals surface area contributed by atoms with E-state index >= 15 is 0 Å². The molecule has 2 amide bonds. The van der Waals surface area contributed by atoms with Gasteiger partial charge in [-0.15, -0.1) is 0 Å². The van der Waals surface area contributed by atoms with Gasteiger partial charge in [-0.3, -0.25) is 9.59 Å². The lowest BCUT2D eigenvalue weighted by Crippen LogP contribution is -2.67. The molecule has 3 aliphatic carbocycles. The molecule has 0 radical (unpaired) electrons. The summed E-state index contributed by atoms with van der Waals surface area (Å²) in [5, 5.41) is 12.9. The fourth-order valence-electron chi connectivity index (χ4n) is 6.11. The lowest BCUT2D eigenvalue weighted by molar-refractivity contribution is -0.159. The number of likely N-dealkylation sites (tertiary alicyclic amines) is 1. The summed E-state index contributed by atoms with van der Waals surface area (Å²) in [6, 6.07) is 5.22. The summed E-state index contributed by atoms with van der Waals surface area (Å²) in [5.41, 5.74) is -0.219. The van der Waals surface area contributed by atoms with Crippen LogP contribution in [0.4, 0.5) is 0 Å². The molecule has 2 N–H and O–H groups in total. The molecule has 4 fully saturated rings. The third-order valence-electron chi connectivity index (χ3n) is 7.71. The van der Waals surface area contributed by atoms with Crippen LogP contribution in [0.25, 0.3) is 0 Å². The Morgan fingerprint density at radius 1 is 1.33 bits per heavy atom. The molecule has 1 aromatic rings. The maximum absolute atomic E-state index is 13.4. The zero-order chi connectivity index (χ0) is 20.9. The first-order chi connectivity index (χ1) is 14.5. The lowest BCUT2D eigenvalue weighted by Gasteiger charge is -2.55. The monoisotopic (exact) mass is 414 g/mol. The highest BCUT2D eigenvalue weighted by atomic mass is 16.5. The number of methoxy groups -OCH3 is 1. The number of fused-ring (bicyclic) bond motifs is 3. The molecule has 3 saturated carbocycles. The van der Waals surface area contributed by atoms with Crippen molar-refractivity contribution in [1.82, 2.24) is 10.2 Å². The molecular weight excluding hydrogens is 384 g/mol.